The average molecular weight is 367 g/mol. The predicted molar refractivity (Wildman–Crippen MR) is 97.4 cm³/mol. The number of anilines is 1. The Hall–Kier alpha value is -1.38. The number of rotatable bonds is 2. The first-order valence-electron chi connectivity index (χ1n) is 8.34. The van der Waals surface area contributed by atoms with Gasteiger partial charge in [0.15, 0.2) is 0 Å². The molecular formula is C17H23BFNO4S. The van der Waals surface area contributed by atoms with Crippen molar-refractivity contribution in [1.29, 1.82) is 0 Å². The van der Waals surface area contributed by atoms with Crippen LogP contribution in [0.1, 0.15) is 40.2 Å². The minimum Gasteiger partial charge on any atom is -0.398 e. The lowest BCUT2D eigenvalue weighted by molar-refractivity contribution is 0.00578. The van der Waals surface area contributed by atoms with E-state index in [9.17, 15) is 8.42 Å². The van der Waals surface area contributed by atoms with Crippen molar-refractivity contribution in [2.24, 2.45) is 0 Å². The SMILES string of the molecule is CCN1c2ccccc2C(=C(F)B2OC(C)(C)C(C)(C)O2)CS1(=O)=O. The Morgan fingerprint density at radius 2 is 1.76 bits per heavy atom. The van der Waals surface area contributed by atoms with Crippen molar-refractivity contribution in [3.05, 3.63) is 35.6 Å². The molecule has 8 heteroatoms. The van der Waals surface area contributed by atoms with E-state index in [2.05, 4.69) is 0 Å². The second kappa shape index (κ2) is 5.82. The van der Waals surface area contributed by atoms with Crippen LogP contribution >= 0.6 is 0 Å². The predicted octanol–water partition coefficient (Wildman–Crippen LogP) is 3.17. The molecule has 0 unspecified atom stereocenters. The van der Waals surface area contributed by atoms with E-state index in [1.54, 1.807) is 31.2 Å². The van der Waals surface area contributed by atoms with Crippen LogP contribution in [0.4, 0.5) is 10.1 Å². The summed E-state index contributed by atoms with van der Waals surface area (Å²) >= 11 is 0. The fourth-order valence-electron chi connectivity index (χ4n) is 3.09. The molecule has 0 amide bonds. The van der Waals surface area contributed by atoms with Gasteiger partial charge in [0.25, 0.3) is 0 Å². The average Bonchev–Trinajstić information content (AvgIpc) is 2.73. The third-order valence-electron chi connectivity index (χ3n) is 5.20. The second-order valence-corrected chi connectivity index (χ2v) is 9.25. The lowest BCUT2D eigenvalue weighted by atomic mass is 9.83. The van der Waals surface area contributed by atoms with Gasteiger partial charge < -0.3 is 9.31 Å². The van der Waals surface area contributed by atoms with E-state index in [0.717, 1.165) is 0 Å². The fraction of sp³-hybridized carbons (Fsp3) is 0.529. The lowest BCUT2D eigenvalue weighted by Crippen LogP contribution is -2.41. The molecular weight excluding hydrogens is 344 g/mol. The van der Waals surface area contributed by atoms with Crippen molar-refractivity contribution in [3.63, 3.8) is 0 Å². The van der Waals surface area contributed by atoms with Gasteiger partial charge in [-0.1, -0.05) is 18.2 Å². The summed E-state index contributed by atoms with van der Waals surface area (Å²) in [6, 6.07) is 6.93. The van der Waals surface area contributed by atoms with Crippen molar-refractivity contribution in [2.75, 3.05) is 16.6 Å². The summed E-state index contributed by atoms with van der Waals surface area (Å²) in [5, 5.41) is 0. The third-order valence-corrected chi connectivity index (χ3v) is 6.98. The highest BCUT2D eigenvalue weighted by Crippen LogP contribution is 2.43. The summed E-state index contributed by atoms with van der Waals surface area (Å²) < 4.78 is 53.3. The Bertz CT molecular complexity index is 819. The van der Waals surface area contributed by atoms with Crippen molar-refractivity contribution in [3.8, 4) is 0 Å². The first-order chi connectivity index (χ1) is 11.5. The smallest absolute Gasteiger partial charge is 0.398 e. The molecule has 1 fully saturated rings. The van der Waals surface area contributed by atoms with Crippen LogP contribution in [0.3, 0.4) is 0 Å². The standard InChI is InChI=1S/C17H23BFNO4S/c1-6-20-14-10-8-7-9-12(14)13(11-25(20,21)22)15(19)18-23-16(2,3)17(4,5)24-18/h7-10H,6,11H2,1-5H3. The van der Waals surface area contributed by atoms with Gasteiger partial charge in [-0.2, -0.15) is 0 Å². The number of benzene rings is 1. The molecule has 1 aromatic carbocycles. The zero-order valence-electron chi connectivity index (χ0n) is 15.2. The van der Waals surface area contributed by atoms with Crippen molar-refractivity contribution < 1.29 is 22.1 Å². The maximum Gasteiger partial charge on any atom is 0.525 e. The Balaban J connectivity index is 2.12. The largest absolute Gasteiger partial charge is 0.525 e. The van der Waals surface area contributed by atoms with Crippen LogP contribution in [0.25, 0.3) is 5.57 Å². The number of hydrogen-bond acceptors (Lipinski definition) is 4. The normalized spacial score (nSPS) is 25.7. The topological polar surface area (TPSA) is 55.8 Å². The van der Waals surface area contributed by atoms with Crippen LogP contribution in [0.15, 0.2) is 30.0 Å². The molecule has 0 aromatic heterocycles. The molecule has 0 atom stereocenters. The summed E-state index contributed by atoms with van der Waals surface area (Å²) in [5.74, 6) is -0.409. The van der Waals surface area contributed by atoms with Crippen LogP contribution in [-0.4, -0.2) is 39.0 Å². The molecule has 0 bridgehead atoms. The minimum atomic E-state index is -3.64. The van der Waals surface area contributed by atoms with E-state index in [1.165, 1.54) is 4.31 Å². The van der Waals surface area contributed by atoms with Crippen LogP contribution in [0.5, 0.6) is 0 Å². The molecule has 0 N–H and O–H groups in total. The van der Waals surface area contributed by atoms with Gasteiger partial charge in [-0.25, -0.2) is 12.8 Å². The molecule has 0 spiro atoms. The maximum absolute atomic E-state index is 15.3. The Labute approximate surface area is 149 Å². The summed E-state index contributed by atoms with van der Waals surface area (Å²) in [5.41, 5.74) is -0.913. The molecule has 25 heavy (non-hydrogen) atoms. The fourth-order valence-corrected chi connectivity index (χ4v) is 4.75. The van der Waals surface area contributed by atoms with Crippen molar-refractivity contribution in [2.45, 2.75) is 45.8 Å². The number of nitrogens with zero attached hydrogens (tertiary/aromatic N) is 1. The number of sulfonamides is 1. The summed E-state index contributed by atoms with van der Waals surface area (Å²) in [6.45, 7) is 9.37. The van der Waals surface area contributed by atoms with Gasteiger partial charge in [0.05, 0.1) is 22.6 Å². The molecule has 0 saturated carbocycles. The molecule has 2 heterocycles. The number of hydrogen-bond donors (Lipinski definition) is 0. The molecule has 1 aromatic rings. The third kappa shape index (κ3) is 2.90. The van der Waals surface area contributed by atoms with Crippen molar-refractivity contribution >= 4 is 28.4 Å². The monoisotopic (exact) mass is 367 g/mol. The van der Waals surface area contributed by atoms with Gasteiger partial charge in [-0.3, -0.25) is 4.31 Å². The van der Waals surface area contributed by atoms with E-state index in [-0.39, 0.29) is 5.57 Å². The molecule has 2 aliphatic rings. The molecule has 3 rings (SSSR count). The van der Waals surface area contributed by atoms with Gasteiger partial charge in [0, 0.05) is 17.7 Å². The van der Waals surface area contributed by atoms with E-state index >= 15 is 4.39 Å². The van der Waals surface area contributed by atoms with Crippen molar-refractivity contribution in [1.82, 2.24) is 0 Å². The zero-order valence-corrected chi connectivity index (χ0v) is 16.0. The zero-order chi connectivity index (χ0) is 18.6. The molecule has 2 aliphatic heterocycles. The molecule has 0 aliphatic carbocycles. The first kappa shape index (κ1) is 18.4. The Kier molecular flexibility index (Phi) is 4.29. The summed E-state index contributed by atoms with van der Waals surface area (Å²) in [6.07, 6.45) is 0. The lowest BCUT2D eigenvalue weighted by Gasteiger charge is -2.32. The van der Waals surface area contributed by atoms with E-state index in [1.807, 2.05) is 27.7 Å². The number of para-hydroxylation sites is 1. The van der Waals surface area contributed by atoms with E-state index in [4.69, 9.17) is 9.31 Å². The highest BCUT2D eigenvalue weighted by molar-refractivity contribution is 7.93. The maximum atomic E-state index is 15.3. The van der Waals surface area contributed by atoms with Gasteiger partial charge in [-0.15, -0.1) is 0 Å². The van der Waals surface area contributed by atoms with Gasteiger partial charge >= 0.3 is 7.12 Å². The van der Waals surface area contributed by atoms with Crippen LogP contribution in [0, 0.1) is 0 Å². The molecule has 0 radical (unpaired) electrons. The number of halogens is 1. The van der Waals surface area contributed by atoms with Gasteiger partial charge in [0.1, 0.15) is 5.73 Å². The first-order valence-corrected chi connectivity index (χ1v) is 9.95. The molecule has 1 saturated heterocycles. The van der Waals surface area contributed by atoms with E-state index in [0.29, 0.717) is 17.8 Å². The van der Waals surface area contributed by atoms with Gasteiger partial charge in [0.2, 0.25) is 10.0 Å². The van der Waals surface area contributed by atoms with Crippen LogP contribution < -0.4 is 4.31 Å². The summed E-state index contributed by atoms with van der Waals surface area (Å²) in [7, 11) is -4.86. The highest BCUT2D eigenvalue weighted by atomic mass is 32.2. The number of fused-ring (bicyclic) bond motifs is 1. The second-order valence-electron chi connectivity index (χ2n) is 7.35. The quantitative estimate of drug-likeness (QED) is 0.754. The van der Waals surface area contributed by atoms with Crippen LogP contribution in [-0.2, 0) is 19.3 Å². The Morgan fingerprint density at radius 1 is 1.20 bits per heavy atom. The van der Waals surface area contributed by atoms with E-state index < -0.39 is 39.8 Å². The van der Waals surface area contributed by atoms with Crippen LogP contribution in [0.2, 0.25) is 0 Å². The minimum absolute atomic E-state index is 0.110. The van der Waals surface area contributed by atoms with Gasteiger partial charge in [-0.05, 0) is 40.7 Å². The molecule has 5 nitrogen and oxygen atoms in total. The Morgan fingerprint density at radius 3 is 2.32 bits per heavy atom. The highest BCUT2D eigenvalue weighted by Gasteiger charge is 2.54. The molecule has 136 valence electrons. The summed E-state index contributed by atoms with van der Waals surface area (Å²) in [4.78, 5) is 0.